The third-order valence-electron chi connectivity index (χ3n) is 5.86. The summed E-state index contributed by atoms with van der Waals surface area (Å²) in [5.41, 5.74) is 3.74. The van der Waals surface area contributed by atoms with Crippen LogP contribution in [0.2, 0.25) is 0 Å². The van der Waals surface area contributed by atoms with E-state index in [1.807, 2.05) is 0 Å². The Bertz CT molecular complexity index is 719. The Balaban J connectivity index is 1.52. The number of hydrogen-bond donors (Lipinski definition) is 1. The molecule has 0 bridgehead atoms. The summed E-state index contributed by atoms with van der Waals surface area (Å²) in [6.45, 7) is 5.01. The lowest BCUT2D eigenvalue weighted by Gasteiger charge is -2.43. The third kappa shape index (κ3) is 3.92. The first-order chi connectivity index (χ1) is 12.0. The summed E-state index contributed by atoms with van der Waals surface area (Å²) < 4.78 is 0. The van der Waals surface area contributed by atoms with Gasteiger partial charge in [-0.25, -0.2) is 0 Å². The molecule has 0 saturated heterocycles. The molecule has 1 saturated carbocycles. The van der Waals surface area contributed by atoms with Crippen LogP contribution in [0.15, 0.2) is 28.4 Å². The van der Waals surface area contributed by atoms with Crippen molar-refractivity contribution in [1.29, 1.82) is 0 Å². The lowest BCUT2D eigenvalue weighted by molar-refractivity contribution is -0.121. The molecule has 132 valence electrons. The Morgan fingerprint density at radius 3 is 2.56 bits per heavy atom. The van der Waals surface area contributed by atoms with Gasteiger partial charge in [-0.2, -0.15) is 10.2 Å². The molecule has 0 radical (unpaired) electrons. The van der Waals surface area contributed by atoms with Gasteiger partial charge in [0, 0.05) is 37.6 Å². The van der Waals surface area contributed by atoms with E-state index in [2.05, 4.69) is 53.5 Å². The maximum absolute atomic E-state index is 12.3. The van der Waals surface area contributed by atoms with Crippen molar-refractivity contribution < 1.29 is 4.79 Å². The molecule has 4 heteroatoms. The molecule has 0 unspecified atom stereocenters. The van der Waals surface area contributed by atoms with E-state index in [0.29, 0.717) is 19.3 Å². The fraction of sp³-hybridized carbons (Fsp3) is 0.571. The van der Waals surface area contributed by atoms with Crippen molar-refractivity contribution in [3.8, 4) is 12.3 Å². The number of benzene rings is 1. The fourth-order valence-corrected chi connectivity index (χ4v) is 3.58. The van der Waals surface area contributed by atoms with E-state index in [1.165, 1.54) is 23.1 Å². The van der Waals surface area contributed by atoms with Crippen LogP contribution >= 0.6 is 0 Å². The Labute approximate surface area is 150 Å². The lowest BCUT2D eigenvalue weighted by atomic mass is 9.64. The zero-order valence-electron chi connectivity index (χ0n) is 15.3. The normalized spacial score (nSPS) is 18.9. The second kappa shape index (κ2) is 7.00. The van der Waals surface area contributed by atoms with Crippen LogP contribution in [-0.4, -0.2) is 18.1 Å². The van der Waals surface area contributed by atoms with Gasteiger partial charge in [0.1, 0.15) is 0 Å². The molecular weight excluding hydrogens is 310 g/mol. The van der Waals surface area contributed by atoms with Crippen LogP contribution in [0.4, 0.5) is 0 Å². The molecule has 0 spiro atoms. The predicted octanol–water partition coefficient (Wildman–Crippen LogP) is 4.20. The van der Waals surface area contributed by atoms with Crippen LogP contribution in [0.1, 0.15) is 61.6 Å². The van der Waals surface area contributed by atoms with Crippen LogP contribution in [0.3, 0.4) is 0 Å². The predicted molar refractivity (Wildman–Crippen MR) is 99.3 cm³/mol. The van der Waals surface area contributed by atoms with E-state index in [1.54, 1.807) is 0 Å². The molecule has 4 nitrogen and oxygen atoms in total. The molecule has 1 aliphatic heterocycles. The van der Waals surface area contributed by atoms with Crippen LogP contribution in [0.25, 0.3) is 0 Å². The van der Waals surface area contributed by atoms with Crippen LogP contribution in [0.5, 0.6) is 0 Å². The summed E-state index contributed by atoms with van der Waals surface area (Å²) in [7, 11) is 0. The largest absolute Gasteiger partial charge is 0.355 e. The molecule has 1 aromatic carbocycles. The number of carbonyl (C=O) groups is 1. The van der Waals surface area contributed by atoms with E-state index >= 15 is 0 Å². The minimum absolute atomic E-state index is 0.0903. The number of terminal acetylenes is 1. The van der Waals surface area contributed by atoms with Gasteiger partial charge in [0.25, 0.3) is 0 Å². The summed E-state index contributed by atoms with van der Waals surface area (Å²) in [6, 6.07) is 6.71. The molecule has 1 N–H and O–H groups in total. The van der Waals surface area contributed by atoms with Crippen molar-refractivity contribution in [2.75, 3.05) is 6.54 Å². The van der Waals surface area contributed by atoms with Gasteiger partial charge in [-0.1, -0.05) is 24.6 Å². The van der Waals surface area contributed by atoms with Crippen molar-refractivity contribution >= 4 is 5.91 Å². The Morgan fingerprint density at radius 1 is 1.24 bits per heavy atom. The number of nitrogens with one attached hydrogen (secondary N) is 1. The summed E-state index contributed by atoms with van der Waals surface area (Å²) in [4.78, 5) is 12.3. The van der Waals surface area contributed by atoms with Gasteiger partial charge in [-0.3, -0.25) is 4.79 Å². The van der Waals surface area contributed by atoms with Crippen molar-refractivity contribution in [2.24, 2.45) is 10.2 Å². The SMILES string of the molecule is C#CCCC1(CCC(=O)NCC2(c3ccc(C)c(C)c3)CCC2)N=N1. The number of rotatable bonds is 8. The van der Waals surface area contributed by atoms with E-state index in [4.69, 9.17) is 6.42 Å². The third-order valence-corrected chi connectivity index (χ3v) is 5.86. The Kier molecular flexibility index (Phi) is 4.94. The second-order valence-electron chi connectivity index (χ2n) is 7.60. The molecule has 0 atom stereocenters. The molecule has 2 aliphatic rings. The van der Waals surface area contributed by atoms with Gasteiger partial charge in [-0.05, 0) is 43.4 Å². The van der Waals surface area contributed by atoms with Gasteiger partial charge < -0.3 is 5.32 Å². The fourth-order valence-electron chi connectivity index (χ4n) is 3.58. The summed E-state index contributed by atoms with van der Waals surface area (Å²) in [6.07, 6.45) is 11.4. The molecule has 1 heterocycles. The van der Waals surface area contributed by atoms with E-state index in [0.717, 1.165) is 25.8 Å². The van der Waals surface area contributed by atoms with Gasteiger partial charge in [-0.15, -0.1) is 12.3 Å². The highest BCUT2D eigenvalue weighted by Crippen LogP contribution is 2.44. The second-order valence-corrected chi connectivity index (χ2v) is 7.60. The lowest BCUT2D eigenvalue weighted by Crippen LogP contribution is -2.45. The number of hydrogen-bond acceptors (Lipinski definition) is 3. The first kappa shape index (κ1) is 17.7. The highest BCUT2D eigenvalue weighted by molar-refractivity contribution is 5.76. The molecule has 3 rings (SSSR count). The minimum atomic E-state index is -0.369. The summed E-state index contributed by atoms with van der Waals surface area (Å²) in [5.74, 6) is 2.71. The molecule has 25 heavy (non-hydrogen) atoms. The first-order valence-electron chi connectivity index (χ1n) is 9.21. The number of aryl methyl sites for hydroxylation is 2. The van der Waals surface area contributed by atoms with Crippen molar-refractivity contribution in [3.05, 3.63) is 34.9 Å². The maximum atomic E-state index is 12.3. The number of nitrogens with zero attached hydrogens (tertiary/aromatic N) is 2. The average molecular weight is 337 g/mol. The minimum Gasteiger partial charge on any atom is -0.355 e. The van der Waals surface area contributed by atoms with E-state index < -0.39 is 0 Å². The highest BCUT2D eigenvalue weighted by Gasteiger charge is 2.41. The standard InChI is InChI=1S/C21H27N3O/c1-4-5-12-21(23-24-21)13-9-19(25)22-15-20(10-6-11-20)18-8-7-16(2)17(3)14-18/h1,7-8,14H,5-6,9-13,15H2,2-3H3,(H,22,25). The summed E-state index contributed by atoms with van der Waals surface area (Å²) >= 11 is 0. The summed E-state index contributed by atoms with van der Waals surface area (Å²) in [5, 5.41) is 11.3. The number of carbonyl (C=O) groups excluding carboxylic acids is 1. The maximum Gasteiger partial charge on any atom is 0.220 e. The first-order valence-corrected chi connectivity index (χ1v) is 9.21. The zero-order chi connectivity index (χ0) is 17.9. The molecule has 1 aromatic rings. The number of amides is 1. The van der Waals surface area contributed by atoms with Crippen molar-refractivity contribution in [2.45, 2.75) is 69.9 Å². The Hall–Kier alpha value is -2.15. The Morgan fingerprint density at radius 2 is 2.00 bits per heavy atom. The van der Waals surface area contributed by atoms with Gasteiger partial charge in [0.05, 0.1) is 0 Å². The molecule has 1 aliphatic carbocycles. The van der Waals surface area contributed by atoms with Crippen molar-refractivity contribution in [1.82, 2.24) is 5.32 Å². The average Bonchev–Trinajstić information content (AvgIpc) is 3.33. The van der Waals surface area contributed by atoms with Gasteiger partial charge in [0.15, 0.2) is 5.66 Å². The van der Waals surface area contributed by atoms with Gasteiger partial charge >= 0.3 is 0 Å². The van der Waals surface area contributed by atoms with Gasteiger partial charge in [0.2, 0.25) is 5.91 Å². The van der Waals surface area contributed by atoms with Crippen LogP contribution < -0.4 is 5.32 Å². The quantitative estimate of drug-likeness (QED) is 0.710. The molecule has 0 aromatic heterocycles. The molecule has 1 amide bonds. The van der Waals surface area contributed by atoms with Crippen LogP contribution in [0, 0.1) is 26.2 Å². The monoisotopic (exact) mass is 337 g/mol. The van der Waals surface area contributed by atoms with E-state index in [9.17, 15) is 4.79 Å². The zero-order valence-corrected chi connectivity index (χ0v) is 15.3. The smallest absolute Gasteiger partial charge is 0.220 e. The molecule has 1 fully saturated rings. The molecular formula is C21H27N3O. The van der Waals surface area contributed by atoms with E-state index in [-0.39, 0.29) is 17.0 Å². The highest BCUT2D eigenvalue weighted by atomic mass is 16.1. The topological polar surface area (TPSA) is 53.8 Å². The van der Waals surface area contributed by atoms with Crippen LogP contribution in [-0.2, 0) is 10.2 Å². The van der Waals surface area contributed by atoms with Crippen molar-refractivity contribution in [3.63, 3.8) is 0 Å².